The van der Waals surface area contributed by atoms with Gasteiger partial charge < -0.3 is 10.1 Å². The molecule has 1 N–H and O–H groups in total. The highest BCUT2D eigenvalue weighted by Crippen LogP contribution is 2.05. The van der Waals surface area contributed by atoms with Gasteiger partial charge in [-0.25, -0.2) is 8.42 Å². The molecule has 5 heteroatoms. The molecule has 1 aliphatic heterocycles. The SMILES string of the molecule is CCCS(=O)(=O)CCNC1CCOCC1. The van der Waals surface area contributed by atoms with Crippen molar-refractivity contribution in [2.24, 2.45) is 0 Å². The smallest absolute Gasteiger partial charge is 0.151 e. The van der Waals surface area contributed by atoms with Gasteiger partial charge in [-0.1, -0.05) is 6.92 Å². The van der Waals surface area contributed by atoms with Crippen molar-refractivity contribution < 1.29 is 13.2 Å². The number of hydrogen-bond donors (Lipinski definition) is 1. The molecular weight excluding hydrogens is 214 g/mol. The molecule has 0 spiro atoms. The summed E-state index contributed by atoms with van der Waals surface area (Å²) in [4.78, 5) is 0. The van der Waals surface area contributed by atoms with E-state index in [-0.39, 0.29) is 5.75 Å². The van der Waals surface area contributed by atoms with Crippen molar-refractivity contribution >= 4 is 9.84 Å². The van der Waals surface area contributed by atoms with Crippen LogP contribution >= 0.6 is 0 Å². The van der Waals surface area contributed by atoms with Gasteiger partial charge in [0.1, 0.15) is 0 Å². The lowest BCUT2D eigenvalue weighted by Crippen LogP contribution is -2.37. The number of ether oxygens (including phenoxy) is 1. The fourth-order valence-corrected chi connectivity index (χ4v) is 2.99. The lowest BCUT2D eigenvalue weighted by molar-refractivity contribution is 0.0785. The van der Waals surface area contributed by atoms with Gasteiger partial charge in [-0.2, -0.15) is 0 Å². The largest absolute Gasteiger partial charge is 0.381 e. The molecule has 0 aliphatic carbocycles. The summed E-state index contributed by atoms with van der Waals surface area (Å²) in [6.07, 6.45) is 2.70. The normalized spacial score (nSPS) is 19.3. The Morgan fingerprint density at radius 2 is 1.93 bits per heavy atom. The van der Waals surface area contributed by atoms with E-state index in [1.54, 1.807) is 0 Å². The summed E-state index contributed by atoms with van der Waals surface area (Å²) in [5.41, 5.74) is 0. The van der Waals surface area contributed by atoms with Gasteiger partial charge in [0.2, 0.25) is 0 Å². The molecule has 1 fully saturated rings. The van der Waals surface area contributed by atoms with Crippen LogP contribution in [0.3, 0.4) is 0 Å². The van der Waals surface area contributed by atoms with E-state index in [0.29, 0.717) is 24.8 Å². The summed E-state index contributed by atoms with van der Waals surface area (Å²) in [5, 5.41) is 3.28. The Kier molecular flexibility index (Phi) is 5.56. The minimum absolute atomic E-state index is 0.262. The standard InChI is InChI=1S/C10H21NO3S/c1-2-8-15(12,13)9-5-11-10-3-6-14-7-4-10/h10-11H,2-9H2,1H3. The molecule has 0 radical (unpaired) electrons. The van der Waals surface area contributed by atoms with Gasteiger partial charge >= 0.3 is 0 Å². The van der Waals surface area contributed by atoms with Crippen LogP contribution in [0.4, 0.5) is 0 Å². The summed E-state index contributed by atoms with van der Waals surface area (Å²) in [6, 6.07) is 0.440. The minimum Gasteiger partial charge on any atom is -0.381 e. The lowest BCUT2D eigenvalue weighted by atomic mass is 10.1. The molecule has 0 unspecified atom stereocenters. The predicted molar refractivity (Wildman–Crippen MR) is 60.8 cm³/mol. The molecule has 15 heavy (non-hydrogen) atoms. The molecule has 4 nitrogen and oxygen atoms in total. The Labute approximate surface area is 92.3 Å². The van der Waals surface area contributed by atoms with E-state index in [4.69, 9.17) is 4.74 Å². The maximum absolute atomic E-state index is 11.4. The maximum Gasteiger partial charge on any atom is 0.151 e. The second kappa shape index (κ2) is 6.45. The fourth-order valence-electron chi connectivity index (χ4n) is 1.73. The number of rotatable bonds is 6. The summed E-state index contributed by atoms with van der Waals surface area (Å²) >= 11 is 0. The zero-order chi connectivity index (χ0) is 11.1. The molecule has 0 aromatic heterocycles. The van der Waals surface area contributed by atoms with Gasteiger partial charge in [0.15, 0.2) is 9.84 Å². The molecule has 0 saturated carbocycles. The van der Waals surface area contributed by atoms with Crippen molar-refractivity contribution in [3.63, 3.8) is 0 Å². The van der Waals surface area contributed by atoms with E-state index in [0.717, 1.165) is 26.1 Å². The monoisotopic (exact) mass is 235 g/mol. The van der Waals surface area contributed by atoms with Crippen molar-refractivity contribution in [3.05, 3.63) is 0 Å². The first-order chi connectivity index (χ1) is 7.14. The zero-order valence-electron chi connectivity index (χ0n) is 9.37. The van der Waals surface area contributed by atoms with Gasteiger partial charge in [0, 0.05) is 31.6 Å². The summed E-state index contributed by atoms with van der Waals surface area (Å²) in [6.45, 7) is 4.05. The van der Waals surface area contributed by atoms with Gasteiger partial charge in [-0.05, 0) is 19.3 Å². The van der Waals surface area contributed by atoms with Crippen LogP contribution in [0, 0.1) is 0 Å². The molecule has 1 aliphatic rings. The lowest BCUT2D eigenvalue weighted by Gasteiger charge is -2.23. The zero-order valence-corrected chi connectivity index (χ0v) is 10.2. The van der Waals surface area contributed by atoms with Crippen molar-refractivity contribution in [1.29, 1.82) is 0 Å². The van der Waals surface area contributed by atoms with Gasteiger partial charge in [-0.3, -0.25) is 0 Å². The maximum atomic E-state index is 11.4. The molecule has 1 saturated heterocycles. The average Bonchev–Trinajstić information content (AvgIpc) is 2.19. The van der Waals surface area contributed by atoms with E-state index in [1.807, 2.05) is 6.92 Å². The van der Waals surface area contributed by atoms with E-state index < -0.39 is 9.84 Å². The molecule has 0 aromatic rings. The van der Waals surface area contributed by atoms with Crippen LogP contribution in [0.25, 0.3) is 0 Å². The number of hydrogen-bond acceptors (Lipinski definition) is 4. The van der Waals surface area contributed by atoms with Crippen LogP contribution in [-0.4, -0.2) is 45.7 Å². The summed E-state index contributed by atoms with van der Waals surface area (Å²) in [5.74, 6) is 0.570. The van der Waals surface area contributed by atoms with Crippen LogP contribution < -0.4 is 5.32 Å². The number of sulfone groups is 1. The fraction of sp³-hybridized carbons (Fsp3) is 1.00. The van der Waals surface area contributed by atoms with Crippen LogP contribution in [-0.2, 0) is 14.6 Å². The molecule has 0 amide bonds. The van der Waals surface area contributed by atoms with Crippen LogP contribution in [0.1, 0.15) is 26.2 Å². The topological polar surface area (TPSA) is 55.4 Å². The van der Waals surface area contributed by atoms with Crippen LogP contribution in [0.2, 0.25) is 0 Å². The summed E-state index contributed by atoms with van der Waals surface area (Å²) < 4.78 is 28.0. The van der Waals surface area contributed by atoms with Crippen molar-refractivity contribution in [2.75, 3.05) is 31.3 Å². The molecule has 0 bridgehead atoms. The molecular formula is C10H21NO3S. The summed E-state index contributed by atoms with van der Waals surface area (Å²) in [7, 11) is -2.83. The molecule has 90 valence electrons. The molecule has 1 rings (SSSR count). The second-order valence-electron chi connectivity index (χ2n) is 3.99. The highest BCUT2D eigenvalue weighted by atomic mass is 32.2. The first-order valence-corrected chi connectivity index (χ1v) is 7.48. The first kappa shape index (κ1) is 12.9. The van der Waals surface area contributed by atoms with Crippen molar-refractivity contribution in [2.45, 2.75) is 32.2 Å². The van der Waals surface area contributed by atoms with E-state index in [2.05, 4.69) is 5.32 Å². The third-order valence-electron chi connectivity index (χ3n) is 2.58. The van der Waals surface area contributed by atoms with Crippen LogP contribution in [0.15, 0.2) is 0 Å². The van der Waals surface area contributed by atoms with Gasteiger partial charge in [-0.15, -0.1) is 0 Å². The van der Waals surface area contributed by atoms with E-state index >= 15 is 0 Å². The third-order valence-corrected chi connectivity index (χ3v) is 4.44. The third kappa shape index (κ3) is 5.49. The predicted octanol–water partition coefficient (Wildman–Crippen LogP) is 0.580. The number of nitrogens with one attached hydrogen (secondary N) is 1. The molecule has 0 atom stereocenters. The molecule has 0 aromatic carbocycles. The quantitative estimate of drug-likeness (QED) is 0.731. The second-order valence-corrected chi connectivity index (χ2v) is 6.30. The Balaban J connectivity index is 2.14. The Morgan fingerprint density at radius 3 is 2.53 bits per heavy atom. The highest BCUT2D eigenvalue weighted by molar-refractivity contribution is 7.91. The van der Waals surface area contributed by atoms with E-state index in [1.165, 1.54) is 0 Å². The van der Waals surface area contributed by atoms with Gasteiger partial charge in [0.05, 0.1) is 5.75 Å². The Hall–Kier alpha value is -0.130. The molecule has 1 heterocycles. The first-order valence-electron chi connectivity index (χ1n) is 5.65. The van der Waals surface area contributed by atoms with Gasteiger partial charge in [0.25, 0.3) is 0 Å². The Bertz CT molecular complexity index is 258. The van der Waals surface area contributed by atoms with Crippen LogP contribution in [0.5, 0.6) is 0 Å². The van der Waals surface area contributed by atoms with Crippen molar-refractivity contribution in [3.8, 4) is 0 Å². The average molecular weight is 235 g/mol. The van der Waals surface area contributed by atoms with E-state index in [9.17, 15) is 8.42 Å². The minimum atomic E-state index is -2.83. The highest BCUT2D eigenvalue weighted by Gasteiger charge is 2.14. The van der Waals surface area contributed by atoms with Crippen molar-refractivity contribution in [1.82, 2.24) is 5.32 Å². The Morgan fingerprint density at radius 1 is 1.27 bits per heavy atom.